The summed E-state index contributed by atoms with van der Waals surface area (Å²) in [5.74, 6) is -0.408. The second-order valence-electron chi connectivity index (χ2n) is 5.05. The molecular weight excluding hydrogens is 234 g/mol. The van der Waals surface area contributed by atoms with E-state index in [0.717, 1.165) is 25.9 Å². The van der Waals surface area contributed by atoms with Crippen LogP contribution < -0.4 is 10.6 Å². The topological polar surface area (TPSA) is 29.3 Å². The molecule has 2 rings (SSSR count). The quantitative estimate of drug-likeness (QED) is 0.836. The van der Waals surface area contributed by atoms with Gasteiger partial charge in [-0.05, 0) is 30.9 Å². The van der Waals surface area contributed by atoms with Gasteiger partial charge in [-0.1, -0.05) is 19.8 Å². The largest absolute Gasteiger partial charge is 0.399 e. The van der Waals surface area contributed by atoms with Crippen molar-refractivity contribution >= 4 is 11.4 Å². The molecule has 1 heterocycles. The smallest absolute Gasteiger partial charge is 0.151 e. The second-order valence-corrected chi connectivity index (χ2v) is 5.05. The van der Waals surface area contributed by atoms with Crippen molar-refractivity contribution in [3.05, 3.63) is 23.8 Å². The van der Waals surface area contributed by atoms with Crippen LogP contribution in [0.15, 0.2) is 12.1 Å². The maximum atomic E-state index is 13.8. The third-order valence-corrected chi connectivity index (χ3v) is 3.67. The molecule has 18 heavy (non-hydrogen) atoms. The predicted molar refractivity (Wildman–Crippen MR) is 70.6 cm³/mol. The van der Waals surface area contributed by atoms with E-state index in [9.17, 15) is 8.78 Å². The van der Waals surface area contributed by atoms with Crippen molar-refractivity contribution in [3.63, 3.8) is 0 Å². The first-order valence-corrected chi connectivity index (χ1v) is 6.61. The predicted octanol–water partition coefficient (Wildman–Crippen LogP) is 3.56. The van der Waals surface area contributed by atoms with Crippen LogP contribution in [0.5, 0.6) is 0 Å². The summed E-state index contributed by atoms with van der Waals surface area (Å²) in [6.45, 7) is 3.62. The van der Waals surface area contributed by atoms with Crippen LogP contribution in [0.25, 0.3) is 0 Å². The van der Waals surface area contributed by atoms with Gasteiger partial charge in [-0.3, -0.25) is 0 Å². The summed E-state index contributed by atoms with van der Waals surface area (Å²) in [7, 11) is 0. The van der Waals surface area contributed by atoms with E-state index in [1.165, 1.54) is 25.0 Å². The van der Waals surface area contributed by atoms with Gasteiger partial charge in [0, 0.05) is 18.8 Å². The number of anilines is 2. The molecule has 2 N–H and O–H groups in total. The number of hydrogen-bond donors (Lipinski definition) is 1. The Kier molecular flexibility index (Phi) is 4.04. The molecule has 1 aromatic rings. The molecule has 1 saturated heterocycles. The van der Waals surface area contributed by atoms with E-state index < -0.39 is 11.6 Å². The number of halogens is 2. The van der Waals surface area contributed by atoms with Gasteiger partial charge in [-0.25, -0.2) is 8.78 Å². The van der Waals surface area contributed by atoms with Crippen LogP contribution in [-0.4, -0.2) is 13.1 Å². The molecule has 0 bridgehead atoms. The maximum absolute atomic E-state index is 13.8. The Balaban J connectivity index is 2.10. The minimum absolute atomic E-state index is 0.0825. The van der Waals surface area contributed by atoms with Crippen LogP contribution in [0.3, 0.4) is 0 Å². The van der Waals surface area contributed by atoms with Crippen molar-refractivity contribution in [1.82, 2.24) is 0 Å². The number of hydrogen-bond acceptors (Lipinski definition) is 2. The molecule has 0 unspecified atom stereocenters. The summed E-state index contributed by atoms with van der Waals surface area (Å²) in [6, 6.07) is 2.38. The van der Waals surface area contributed by atoms with Gasteiger partial charge in [-0.15, -0.1) is 0 Å². The zero-order valence-electron chi connectivity index (χ0n) is 10.8. The molecule has 1 aromatic carbocycles. The lowest BCUT2D eigenvalue weighted by Gasteiger charge is -2.34. The summed E-state index contributed by atoms with van der Waals surface area (Å²) in [5.41, 5.74) is 5.64. The normalized spacial score (nSPS) is 17.2. The third-order valence-electron chi connectivity index (χ3n) is 3.67. The van der Waals surface area contributed by atoms with Gasteiger partial charge < -0.3 is 10.6 Å². The molecule has 0 saturated carbocycles. The molecule has 2 nitrogen and oxygen atoms in total. The Labute approximate surface area is 107 Å². The number of rotatable bonds is 3. The van der Waals surface area contributed by atoms with Gasteiger partial charge in [0.25, 0.3) is 0 Å². The first-order chi connectivity index (χ1) is 8.61. The summed E-state index contributed by atoms with van der Waals surface area (Å²) in [5, 5.41) is 0. The summed E-state index contributed by atoms with van der Waals surface area (Å²) >= 11 is 0. The molecule has 0 aliphatic carbocycles. The van der Waals surface area contributed by atoms with Gasteiger partial charge in [0.05, 0.1) is 0 Å². The molecule has 1 fully saturated rings. The number of piperidine rings is 1. The van der Waals surface area contributed by atoms with Crippen LogP contribution in [0, 0.1) is 17.6 Å². The van der Waals surface area contributed by atoms with Crippen LogP contribution >= 0.6 is 0 Å². The molecule has 0 atom stereocenters. The Hall–Kier alpha value is -1.32. The average Bonchev–Trinajstić information content (AvgIpc) is 2.30. The van der Waals surface area contributed by atoms with Gasteiger partial charge in [0.2, 0.25) is 0 Å². The lowest BCUT2D eigenvalue weighted by atomic mass is 9.92. The fourth-order valence-corrected chi connectivity index (χ4v) is 2.74. The molecule has 1 aliphatic heterocycles. The van der Waals surface area contributed by atoms with Gasteiger partial charge in [0.15, 0.2) is 11.6 Å². The highest BCUT2D eigenvalue weighted by molar-refractivity contribution is 5.56. The Morgan fingerprint density at radius 3 is 2.28 bits per heavy atom. The van der Waals surface area contributed by atoms with Crippen molar-refractivity contribution in [2.24, 2.45) is 5.92 Å². The van der Waals surface area contributed by atoms with Gasteiger partial charge >= 0.3 is 0 Å². The van der Waals surface area contributed by atoms with E-state index in [1.54, 1.807) is 4.90 Å². The highest BCUT2D eigenvalue weighted by Crippen LogP contribution is 2.30. The van der Waals surface area contributed by atoms with E-state index in [4.69, 9.17) is 5.73 Å². The summed E-state index contributed by atoms with van der Waals surface area (Å²) < 4.78 is 27.6. The first kappa shape index (κ1) is 13.1. The van der Waals surface area contributed by atoms with Crippen molar-refractivity contribution in [1.29, 1.82) is 0 Å². The minimum Gasteiger partial charge on any atom is -0.399 e. The molecular formula is C14H20F2N2. The number of nitrogens with two attached hydrogens (primary N) is 1. The molecule has 0 radical (unpaired) electrons. The Morgan fingerprint density at radius 1 is 1.22 bits per heavy atom. The highest BCUT2D eigenvalue weighted by Gasteiger charge is 2.23. The summed E-state index contributed by atoms with van der Waals surface area (Å²) in [4.78, 5) is 1.80. The third kappa shape index (κ3) is 2.74. The average molecular weight is 254 g/mol. The van der Waals surface area contributed by atoms with Crippen molar-refractivity contribution in [2.75, 3.05) is 23.7 Å². The standard InChI is InChI=1S/C14H20F2N2/c1-2-3-10-4-6-18(7-5-10)14-12(15)8-11(17)9-13(14)16/h8-10H,2-7,17H2,1H3. The van der Waals surface area contributed by atoms with Crippen LogP contribution in [0.2, 0.25) is 0 Å². The molecule has 0 amide bonds. The number of nitrogen functional groups attached to an aromatic ring is 1. The van der Waals surface area contributed by atoms with E-state index in [-0.39, 0.29) is 11.4 Å². The lowest BCUT2D eigenvalue weighted by molar-refractivity contribution is 0.374. The zero-order chi connectivity index (χ0) is 13.1. The summed E-state index contributed by atoms with van der Waals surface area (Å²) in [6.07, 6.45) is 4.41. The highest BCUT2D eigenvalue weighted by atomic mass is 19.1. The lowest BCUT2D eigenvalue weighted by Crippen LogP contribution is -2.34. The first-order valence-electron chi connectivity index (χ1n) is 6.61. The fourth-order valence-electron chi connectivity index (χ4n) is 2.74. The maximum Gasteiger partial charge on any atom is 0.151 e. The van der Waals surface area contributed by atoms with E-state index in [0.29, 0.717) is 5.92 Å². The Morgan fingerprint density at radius 2 is 1.78 bits per heavy atom. The van der Waals surface area contributed by atoms with Gasteiger partial charge in [0.1, 0.15) is 5.69 Å². The molecule has 0 aromatic heterocycles. The fraction of sp³-hybridized carbons (Fsp3) is 0.571. The minimum atomic E-state index is -0.554. The Bertz CT molecular complexity index is 389. The molecule has 4 heteroatoms. The van der Waals surface area contributed by atoms with E-state index in [2.05, 4.69) is 6.92 Å². The monoisotopic (exact) mass is 254 g/mol. The SMILES string of the molecule is CCCC1CCN(c2c(F)cc(N)cc2F)CC1. The van der Waals surface area contributed by atoms with Crippen LogP contribution in [-0.2, 0) is 0 Å². The van der Waals surface area contributed by atoms with Crippen LogP contribution in [0.4, 0.5) is 20.2 Å². The van der Waals surface area contributed by atoms with Crippen molar-refractivity contribution in [3.8, 4) is 0 Å². The molecule has 0 spiro atoms. The van der Waals surface area contributed by atoms with Gasteiger partial charge in [-0.2, -0.15) is 0 Å². The van der Waals surface area contributed by atoms with Crippen LogP contribution in [0.1, 0.15) is 32.6 Å². The van der Waals surface area contributed by atoms with E-state index >= 15 is 0 Å². The number of benzene rings is 1. The van der Waals surface area contributed by atoms with E-state index in [1.807, 2.05) is 0 Å². The number of nitrogens with zero attached hydrogens (tertiary/aromatic N) is 1. The van der Waals surface area contributed by atoms with Crippen molar-refractivity contribution in [2.45, 2.75) is 32.6 Å². The van der Waals surface area contributed by atoms with Crippen molar-refractivity contribution < 1.29 is 8.78 Å². The molecule has 1 aliphatic rings. The zero-order valence-corrected chi connectivity index (χ0v) is 10.8. The second kappa shape index (κ2) is 5.55. The molecule has 100 valence electrons.